The van der Waals surface area contributed by atoms with Gasteiger partial charge in [-0.2, -0.15) is 0 Å². The summed E-state index contributed by atoms with van der Waals surface area (Å²) in [5.74, 6) is -0.0200. The van der Waals surface area contributed by atoms with Crippen LogP contribution in [0.15, 0.2) is 30.5 Å². The highest BCUT2D eigenvalue weighted by molar-refractivity contribution is 6.04. The van der Waals surface area contributed by atoms with E-state index in [0.717, 1.165) is 42.6 Å². The lowest BCUT2D eigenvalue weighted by Crippen LogP contribution is -2.26. The summed E-state index contributed by atoms with van der Waals surface area (Å²) in [7, 11) is 0. The topological polar surface area (TPSA) is 54.0 Å². The number of hydrogen-bond donors (Lipinski definition) is 2. The highest BCUT2D eigenvalue weighted by Gasteiger charge is 2.17. The highest BCUT2D eigenvalue weighted by atomic mass is 19.1. The van der Waals surface area contributed by atoms with Gasteiger partial charge in [0.05, 0.1) is 5.56 Å². The number of pyridine rings is 1. The Morgan fingerprint density at radius 1 is 1.21 bits per heavy atom. The number of amides is 1. The van der Waals surface area contributed by atoms with Crippen molar-refractivity contribution in [2.45, 2.75) is 65.3 Å². The molecule has 1 amide bonds. The largest absolute Gasteiger partial charge is 0.322 e. The Morgan fingerprint density at radius 2 is 2.00 bits per heavy atom. The first-order chi connectivity index (χ1) is 13.9. The minimum Gasteiger partial charge on any atom is -0.322 e. The molecule has 3 rings (SSSR count). The molecular formula is C24H32FN3O. The minimum atomic E-state index is -0.304. The predicted molar refractivity (Wildman–Crippen MR) is 116 cm³/mol. The molecule has 0 bridgehead atoms. The lowest BCUT2D eigenvalue weighted by Gasteiger charge is -2.19. The van der Waals surface area contributed by atoms with E-state index in [2.05, 4.69) is 22.5 Å². The summed E-state index contributed by atoms with van der Waals surface area (Å²) in [5, 5.41) is 6.44. The van der Waals surface area contributed by atoms with E-state index >= 15 is 0 Å². The quantitative estimate of drug-likeness (QED) is 0.746. The monoisotopic (exact) mass is 397 g/mol. The van der Waals surface area contributed by atoms with Crippen molar-refractivity contribution in [2.75, 3.05) is 11.9 Å². The van der Waals surface area contributed by atoms with Gasteiger partial charge in [-0.25, -0.2) is 4.39 Å². The summed E-state index contributed by atoms with van der Waals surface area (Å²) in [6.45, 7) is 7.14. The lowest BCUT2D eigenvalue weighted by atomic mass is 9.88. The lowest BCUT2D eigenvalue weighted by molar-refractivity contribution is 0.102. The van der Waals surface area contributed by atoms with Gasteiger partial charge >= 0.3 is 0 Å². The van der Waals surface area contributed by atoms with Crippen molar-refractivity contribution in [3.05, 3.63) is 58.7 Å². The van der Waals surface area contributed by atoms with Gasteiger partial charge in [0.1, 0.15) is 5.82 Å². The number of carbonyl (C=O) groups is 1. The maximum atomic E-state index is 14.4. The zero-order valence-corrected chi connectivity index (χ0v) is 17.7. The number of nitrogens with zero attached hydrogens (tertiary/aromatic N) is 1. The third-order valence-electron chi connectivity index (χ3n) is 5.94. The van der Waals surface area contributed by atoms with Crippen molar-refractivity contribution in [2.24, 2.45) is 5.92 Å². The molecule has 156 valence electrons. The SMILES string of the molecule is Cc1ccc(C(=O)Nc2cc(F)cc(CC3CCCNC(C)CCC3)c2C)cn1. The van der Waals surface area contributed by atoms with Gasteiger partial charge in [-0.3, -0.25) is 9.78 Å². The van der Waals surface area contributed by atoms with Crippen molar-refractivity contribution in [3.63, 3.8) is 0 Å². The van der Waals surface area contributed by atoms with Crippen molar-refractivity contribution in [3.8, 4) is 0 Å². The molecule has 5 heteroatoms. The van der Waals surface area contributed by atoms with E-state index in [9.17, 15) is 9.18 Å². The molecule has 4 nitrogen and oxygen atoms in total. The van der Waals surface area contributed by atoms with Crippen LogP contribution >= 0.6 is 0 Å². The van der Waals surface area contributed by atoms with Gasteiger partial charge in [-0.1, -0.05) is 12.8 Å². The molecule has 1 fully saturated rings. The molecule has 1 aliphatic rings. The number of nitrogens with one attached hydrogen (secondary N) is 2. The summed E-state index contributed by atoms with van der Waals surface area (Å²) in [4.78, 5) is 16.7. The summed E-state index contributed by atoms with van der Waals surface area (Å²) in [5.41, 5.74) is 3.81. The molecule has 2 N–H and O–H groups in total. The smallest absolute Gasteiger partial charge is 0.257 e. The van der Waals surface area contributed by atoms with Crippen LogP contribution < -0.4 is 10.6 Å². The van der Waals surface area contributed by atoms with Crippen LogP contribution in [0.3, 0.4) is 0 Å². The summed E-state index contributed by atoms with van der Waals surface area (Å²) in [6.07, 6.45) is 8.24. The maximum Gasteiger partial charge on any atom is 0.257 e. The molecule has 0 radical (unpaired) electrons. The maximum absolute atomic E-state index is 14.4. The molecular weight excluding hydrogens is 365 g/mol. The number of rotatable bonds is 4. The first-order valence-electron chi connectivity index (χ1n) is 10.7. The number of anilines is 1. The Bertz CT molecular complexity index is 835. The third kappa shape index (κ3) is 6.10. The van der Waals surface area contributed by atoms with Crippen molar-refractivity contribution in [1.29, 1.82) is 0 Å². The molecule has 1 aromatic carbocycles. The zero-order chi connectivity index (χ0) is 20.8. The Kier molecular flexibility index (Phi) is 7.37. The fourth-order valence-electron chi connectivity index (χ4n) is 4.09. The standard InChI is InChI=1S/C24H32FN3O/c1-16-6-4-7-19(8-5-11-26-16)12-21-13-22(25)14-23(18(21)3)28-24(29)20-10-9-17(2)27-15-20/h9-10,13-16,19,26H,4-8,11-12H2,1-3H3,(H,28,29). The number of hydrogen-bond acceptors (Lipinski definition) is 3. The second-order valence-corrected chi connectivity index (χ2v) is 8.38. The third-order valence-corrected chi connectivity index (χ3v) is 5.94. The van der Waals surface area contributed by atoms with Crippen LogP contribution in [0.4, 0.5) is 10.1 Å². The second kappa shape index (κ2) is 9.97. The molecule has 29 heavy (non-hydrogen) atoms. The van der Waals surface area contributed by atoms with E-state index in [0.29, 0.717) is 23.2 Å². The molecule has 0 aliphatic carbocycles. The summed E-state index contributed by atoms with van der Waals surface area (Å²) in [6, 6.07) is 7.15. The Labute approximate surface area is 173 Å². The molecule has 1 aliphatic heterocycles. The van der Waals surface area contributed by atoms with Crippen LogP contribution in [0.25, 0.3) is 0 Å². The van der Waals surface area contributed by atoms with E-state index in [1.54, 1.807) is 24.4 Å². The van der Waals surface area contributed by atoms with Crippen LogP contribution in [0, 0.1) is 25.6 Å². The molecule has 2 atom stereocenters. The van der Waals surface area contributed by atoms with Crippen molar-refractivity contribution >= 4 is 11.6 Å². The molecule has 1 aromatic heterocycles. The molecule has 2 unspecified atom stereocenters. The Balaban J connectivity index is 1.74. The van der Waals surface area contributed by atoms with Gasteiger partial charge in [0.2, 0.25) is 0 Å². The Morgan fingerprint density at radius 3 is 2.76 bits per heavy atom. The normalized spacial score (nSPS) is 20.4. The molecule has 2 heterocycles. The summed E-state index contributed by atoms with van der Waals surface area (Å²) < 4.78 is 14.4. The first-order valence-corrected chi connectivity index (χ1v) is 10.7. The van der Waals surface area contributed by atoms with Crippen LogP contribution in [0.1, 0.15) is 66.2 Å². The van der Waals surface area contributed by atoms with E-state index < -0.39 is 0 Å². The molecule has 1 saturated heterocycles. The first kappa shape index (κ1) is 21.4. The van der Waals surface area contributed by atoms with Gasteiger partial charge in [0.25, 0.3) is 5.91 Å². The number of benzene rings is 1. The highest BCUT2D eigenvalue weighted by Crippen LogP contribution is 2.28. The van der Waals surface area contributed by atoms with Crippen molar-refractivity contribution in [1.82, 2.24) is 10.3 Å². The number of aryl methyl sites for hydroxylation is 1. The fourth-order valence-corrected chi connectivity index (χ4v) is 4.09. The zero-order valence-electron chi connectivity index (χ0n) is 17.7. The van der Waals surface area contributed by atoms with Crippen LogP contribution in [0.2, 0.25) is 0 Å². The number of aromatic nitrogens is 1. The fraction of sp³-hybridized carbons (Fsp3) is 0.500. The van der Waals surface area contributed by atoms with E-state index in [4.69, 9.17) is 0 Å². The average Bonchev–Trinajstić information content (AvgIpc) is 2.78. The summed E-state index contributed by atoms with van der Waals surface area (Å²) >= 11 is 0. The number of halogens is 1. The minimum absolute atomic E-state index is 0.264. The van der Waals surface area contributed by atoms with Crippen molar-refractivity contribution < 1.29 is 9.18 Å². The molecule has 2 aromatic rings. The van der Waals surface area contributed by atoms with Gasteiger partial charge in [-0.05, 0) is 94.3 Å². The predicted octanol–water partition coefficient (Wildman–Crippen LogP) is 5.19. The molecule has 0 saturated carbocycles. The second-order valence-electron chi connectivity index (χ2n) is 8.38. The van der Waals surface area contributed by atoms with Gasteiger partial charge in [-0.15, -0.1) is 0 Å². The average molecular weight is 398 g/mol. The Hall–Kier alpha value is -2.27. The van der Waals surface area contributed by atoms with E-state index in [1.807, 2.05) is 13.8 Å². The van der Waals surface area contributed by atoms with Gasteiger partial charge < -0.3 is 10.6 Å². The van der Waals surface area contributed by atoms with Crippen LogP contribution in [-0.2, 0) is 6.42 Å². The molecule has 0 spiro atoms. The van der Waals surface area contributed by atoms with E-state index in [-0.39, 0.29) is 11.7 Å². The van der Waals surface area contributed by atoms with Crippen LogP contribution in [0.5, 0.6) is 0 Å². The van der Waals surface area contributed by atoms with Gasteiger partial charge in [0, 0.05) is 23.6 Å². The number of carbonyl (C=O) groups excluding carboxylic acids is 1. The van der Waals surface area contributed by atoms with Crippen LogP contribution in [-0.4, -0.2) is 23.5 Å². The van der Waals surface area contributed by atoms with Gasteiger partial charge in [0.15, 0.2) is 0 Å². The van der Waals surface area contributed by atoms with E-state index in [1.165, 1.54) is 25.3 Å².